The number of nitrogens with one attached hydrogen (secondary N) is 1. The molecule has 0 fully saturated rings. The zero-order valence-electron chi connectivity index (χ0n) is 18.1. The van der Waals surface area contributed by atoms with Gasteiger partial charge in [-0.2, -0.15) is 13.2 Å². The summed E-state index contributed by atoms with van der Waals surface area (Å²) in [6.07, 6.45) is -1.20. The standard InChI is InChI=1S/C21H24ClF3N4O4/c1-3-5-14-16(32-9-4-8-26-2)7-6-15(17(14)30)18(21(23,24)25)29-12-33-19(31)13-10-27-20(22)28-11-13/h6-7,10-11,26,30H,3-5,8-9,12H2,1-2H3. The fourth-order valence-corrected chi connectivity index (χ4v) is 2.95. The molecular formula is C21H24ClF3N4O4. The van der Waals surface area contributed by atoms with Crippen LogP contribution in [0.4, 0.5) is 13.2 Å². The number of alkyl halides is 3. The Kier molecular flexibility index (Phi) is 9.86. The van der Waals surface area contributed by atoms with Crippen LogP contribution in [0.25, 0.3) is 0 Å². The number of phenolic OH excluding ortho intramolecular Hbond substituents is 1. The van der Waals surface area contributed by atoms with Crippen LogP contribution < -0.4 is 10.1 Å². The lowest BCUT2D eigenvalue weighted by atomic mass is 10.00. The molecule has 0 atom stereocenters. The van der Waals surface area contributed by atoms with Gasteiger partial charge in [0, 0.05) is 23.5 Å². The van der Waals surface area contributed by atoms with E-state index >= 15 is 0 Å². The molecule has 0 radical (unpaired) electrons. The van der Waals surface area contributed by atoms with Gasteiger partial charge < -0.3 is 19.9 Å². The number of aromatic nitrogens is 2. The lowest BCUT2D eigenvalue weighted by molar-refractivity contribution is -0.0588. The van der Waals surface area contributed by atoms with Crippen molar-refractivity contribution in [1.29, 1.82) is 0 Å². The molecule has 0 aliphatic rings. The third-order valence-electron chi connectivity index (χ3n) is 4.37. The highest BCUT2D eigenvalue weighted by molar-refractivity contribution is 6.28. The van der Waals surface area contributed by atoms with Crippen LogP contribution in [0.2, 0.25) is 5.28 Å². The smallest absolute Gasteiger partial charge is 0.433 e. The van der Waals surface area contributed by atoms with E-state index in [-0.39, 0.29) is 16.4 Å². The second kappa shape index (κ2) is 12.4. The quantitative estimate of drug-likeness (QED) is 0.213. The number of esters is 1. The summed E-state index contributed by atoms with van der Waals surface area (Å²) in [7, 11) is 1.79. The Morgan fingerprint density at radius 1 is 1.27 bits per heavy atom. The number of halogens is 4. The lowest BCUT2D eigenvalue weighted by Crippen LogP contribution is -2.25. The summed E-state index contributed by atoms with van der Waals surface area (Å²) in [6.45, 7) is 1.94. The highest BCUT2D eigenvalue weighted by Crippen LogP contribution is 2.36. The van der Waals surface area contributed by atoms with E-state index < -0.39 is 35.9 Å². The predicted molar refractivity (Wildman–Crippen MR) is 116 cm³/mol. The molecule has 12 heteroatoms. The molecule has 0 spiro atoms. The van der Waals surface area contributed by atoms with Crippen LogP contribution in [-0.2, 0) is 11.2 Å². The number of phenols is 1. The summed E-state index contributed by atoms with van der Waals surface area (Å²) in [5.74, 6) is -1.24. The number of benzene rings is 1. The third kappa shape index (κ3) is 7.57. The van der Waals surface area contributed by atoms with E-state index in [2.05, 4.69) is 20.3 Å². The number of ether oxygens (including phenoxy) is 2. The highest BCUT2D eigenvalue weighted by atomic mass is 35.5. The molecule has 180 valence electrons. The summed E-state index contributed by atoms with van der Waals surface area (Å²) >= 11 is 5.53. The SMILES string of the molecule is CCCc1c(OCCCNC)ccc(C(=NCOC(=O)c2cnc(Cl)nc2)C(F)(F)F)c1O. The molecule has 0 saturated heterocycles. The number of carbonyl (C=O) groups is 1. The molecule has 1 aromatic heterocycles. The maximum absolute atomic E-state index is 13.7. The van der Waals surface area contributed by atoms with E-state index in [9.17, 15) is 23.1 Å². The van der Waals surface area contributed by atoms with Crippen molar-refractivity contribution >= 4 is 23.3 Å². The van der Waals surface area contributed by atoms with Gasteiger partial charge in [0.25, 0.3) is 0 Å². The fraction of sp³-hybridized carbons (Fsp3) is 0.429. The molecule has 0 unspecified atom stereocenters. The number of nitrogens with zero attached hydrogens (tertiary/aromatic N) is 3. The largest absolute Gasteiger partial charge is 0.507 e. The maximum atomic E-state index is 13.7. The minimum absolute atomic E-state index is 0.100. The molecule has 2 aromatic rings. The molecule has 2 rings (SSSR count). The minimum Gasteiger partial charge on any atom is -0.507 e. The van der Waals surface area contributed by atoms with Crippen molar-refractivity contribution in [1.82, 2.24) is 15.3 Å². The van der Waals surface area contributed by atoms with Crippen LogP contribution in [0, 0.1) is 0 Å². The van der Waals surface area contributed by atoms with Gasteiger partial charge in [0.15, 0.2) is 12.4 Å². The number of aromatic hydroxyl groups is 1. The Morgan fingerprint density at radius 2 is 1.97 bits per heavy atom. The summed E-state index contributed by atoms with van der Waals surface area (Å²) in [5, 5.41) is 13.5. The van der Waals surface area contributed by atoms with E-state index in [1.54, 1.807) is 7.05 Å². The van der Waals surface area contributed by atoms with Gasteiger partial charge in [0.05, 0.1) is 12.2 Å². The molecule has 0 amide bonds. The van der Waals surface area contributed by atoms with Gasteiger partial charge in [0.1, 0.15) is 11.5 Å². The molecule has 1 heterocycles. The average Bonchev–Trinajstić information content (AvgIpc) is 2.76. The molecule has 0 aliphatic carbocycles. The van der Waals surface area contributed by atoms with Crippen molar-refractivity contribution in [2.24, 2.45) is 4.99 Å². The van der Waals surface area contributed by atoms with E-state index in [4.69, 9.17) is 21.1 Å². The molecule has 1 aromatic carbocycles. The van der Waals surface area contributed by atoms with Crippen molar-refractivity contribution in [3.8, 4) is 11.5 Å². The second-order valence-corrected chi connectivity index (χ2v) is 7.14. The second-order valence-electron chi connectivity index (χ2n) is 6.80. The summed E-state index contributed by atoms with van der Waals surface area (Å²) in [5.41, 5.74) is -1.75. The lowest BCUT2D eigenvalue weighted by Gasteiger charge is -2.18. The Morgan fingerprint density at radius 3 is 2.58 bits per heavy atom. The van der Waals surface area contributed by atoms with Crippen molar-refractivity contribution in [3.05, 3.63) is 46.5 Å². The number of hydrogen-bond donors (Lipinski definition) is 2. The van der Waals surface area contributed by atoms with Crippen LogP contribution in [0.5, 0.6) is 11.5 Å². The fourth-order valence-electron chi connectivity index (χ4n) is 2.85. The van der Waals surface area contributed by atoms with Crippen LogP contribution >= 0.6 is 11.6 Å². The van der Waals surface area contributed by atoms with Crippen LogP contribution in [0.3, 0.4) is 0 Å². The molecule has 0 bridgehead atoms. The number of carbonyl (C=O) groups excluding carboxylic acids is 1. The zero-order chi connectivity index (χ0) is 24.4. The summed E-state index contributed by atoms with van der Waals surface area (Å²) in [4.78, 5) is 22.6. The first-order chi connectivity index (χ1) is 15.7. The normalized spacial score (nSPS) is 12.0. The molecule has 8 nitrogen and oxygen atoms in total. The zero-order valence-corrected chi connectivity index (χ0v) is 18.8. The highest BCUT2D eigenvalue weighted by Gasteiger charge is 2.39. The van der Waals surface area contributed by atoms with Gasteiger partial charge in [-0.1, -0.05) is 13.3 Å². The average molecular weight is 489 g/mol. The van der Waals surface area contributed by atoms with Gasteiger partial charge in [-0.25, -0.2) is 19.8 Å². The molecule has 0 saturated carbocycles. The van der Waals surface area contributed by atoms with E-state index in [1.165, 1.54) is 6.07 Å². The summed E-state index contributed by atoms with van der Waals surface area (Å²) in [6, 6.07) is 2.46. The first-order valence-electron chi connectivity index (χ1n) is 10.1. The van der Waals surface area contributed by atoms with Gasteiger partial charge >= 0.3 is 12.1 Å². The molecular weight excluding hydrogens is 465 g/mol. The van der Waals surface area contributed by atoms with Crippen molar-refractivity contribution < 1.29 is 32.5 Å². The third-order valence-corrected chi connectivity index (χ3v) is 4.56. The van der Waals surface area contributed by atoms with E-state index in [1.807, 2.05) is 6.92 Å². The first kappa shape index (κ1) is 26.3. The monoisotopic (exact) mass is 488 g/mol. The van der Waals surface area contributed by atoms with Crippen LogP contribution in [-0.4, -0.2) is 59.9 Å². The molecule has 2 N–H and O–H groups in total. The summed E-state index contributed by atoms with van der Waals surface area (Å²) < 4.78 is 51.6. The van der Waals surface area contributed by atoms with Crippen molar-refractivity contribution in [2.75, 3.05) is 26.9 Å². The predicted octanol–water partition coefficient (Wildman–Crippen LogP) is 3.94. The Labute approximate surface area is 193 Å². The van der Waals surface area contributed by atoms with Gasteiger partial charge in [-0.3, -0.25) is 0 Å². The Hall–Kier alpha value is -2.92. The van der Waals surface area contributed by atoms with Crippen LogP contribution in [0.1, 0.15) is 41.3 Å². The first-order valence-corrected chi connectivity index (χ1v) is 10.5. The maximum Gasteiger partial charge on any atom is 0.433 e. The van der Waals surface area contributed by atoms with Crippen LogP contribution in [0.15, 0.2) is 29.5 Å². The topological polar surface area (TPSA) is 106 Å². The molecule has 0 aliphatic heterocycles. The number of rotatable bonds is 11. The van der Waals surface area contributed by atoms with E-state index in [0.717, 1.165) is 18.5 Å². The number of aliphatic imine (C=N–C) groups is 1. The minimum atomic E-state index is -4.91. The number of hydrogen-bond acceptors (Lipinski definition) is 8. The Balaban J connectivity index is 2.27. The Bertz CT molecular complexity index is 969. The van der Waals surface area contributed by atoms with E-state index in [0.29, 0.717) is 38.2 Å². The van der Waals surface area contributed by atoms with Gasteiger partial charge in [-0.05, 0) is 50.2 Å². The van der Waals surface area contributed by atoms with Crippen molar-refractivity contribution in [2.45, 2.75) is 32.4 Å². The van der Waals surface area contributed by atoms with Gasteiger partial charge in [-0.15, -0.1) is 0 Å². The van der Waals surface area contributed by atoms with Gasteiger partial charge in [0.2, 0.25) is 5.28 Å². The van der Waals surface area contributed by atoms with Crippen molar-refractivity contribution in [3.63, 3.8) is 0 Å². The molecule has 33 heavy (non-hydrogen) atoms.